The average molecular weight is 400 g/mol. The molecule has 0 aliphatic heterocycles. The van der Waals surface area contributed by atoms with Crippen LogP contribution in [0.15, 0.2) is 0 Å². The molecule has 0 aliphatic carbocycles. The van der Waals surface area contributed by atoms with Crippen LogP contribution in [-0.2, 0) is 9.59 Å². The van der Waals surface area contributed by atoms with Gasteiger partial charge in [0.1, 0.15) is 12.6 Å². The molecule has 0 aliphatic rings. The Labute approximate surface area is 165 Å². The van der Waals surface area contributed by atoms with Crippen molar-refractivity contribution in [1.82, 2.24) is 16.0 Å². The van der Waals surface area contributed by atoms with Crippen LogP contribution < -0.4 is 16.0 Å². The number of carbonyl (C=O) groups excluding carboxylic acids is 2. The van der Waals surface area contributed by atoms with Gasteiger partial charge in [0.2, 0.25) is 0 Å². The van der Waals surface area contributed by atoms with Crippen molar-refractivity contribution in [2.24, 2.45) is 0 Å². The molecule has 27 heavy (non-hydrogen) atoms. The molecule has 0 fully saturated rings. The van der Waals surface area contributed by atoms with Gasteiger partial charge in [0.15, 0.2) is 0 Å². The van der Waals surface area contributed by atoms with Gasteiger partial charge in [-0.1, -0.05) is 27.7 Å². The number of aliphatic hydroxyl groups is 4. The summed E-state index contributed by atoms with van der Waals surface area (Å²) in [5, 5.41) is 41.4. The molecule has 0 aromatic carbocycles. The van der Waals surface area contributed by atoms with E-state index in [1.165, 1.54) is 0 Å². The first-order chi connectivity index (χ1) is 13.0. The maximum absolute atomic E-state index is 10.1. The second-order valence-electron chi connectivity index (χ2n) is 4.48. The number of likely N-dealkylation sites (N-methyl/N-ethyl adjacent to an activating group) is 3. The number of hydrogen-bond donors (Lipinski definition) is 7. The SMILES string of the molecule is CC.CC.CNC(C=O)CCC=O.CNC(CO)CO.CNC(CO)CO. The summed E-state index contributed by atoms with van der Waals surface area (Å²) in [6.45, 7) is 7.97. The molecule has 168 valence electrons. The molecule has 1 atom stereocenters. The third-order valence-corrected chi connectivity index (χ3v) is 2.83. The molecule has 0 amide bonds. The lowest BCUT2D eigenvalue weighted by Gasteiger charge is -2.06. The molecule has 0 bridgehead atoms. The molecule has 0 radical (unpaired) electrons. The topological polar surface area (TPSA) is 151 Å². The van der Waals surface area contributed by atoms with E-state index in [1.807, 2.05) is 27.7 Å². The zero-order valence-corrected chi connectivity index (χ0v) is 18.2. The largest absolute Gasteiger partial charge is 0.395 e. The molecule has 0 rings (SSSR count). The summed E-state index contributed by atoms with van der Waals surface area (Å²) in [5.41, 5.74) is 0. The number of hydrogen-bond acceptors (Lipinski definition) is 9. The Morgan fingerprint density at radius 3 is 1.15 bits per heavy atom. The molecule has 0 spiro atoms. The van der Waals surface area contributed by atoms with Crippen LogP contribution in [0.25, 0.3) is 0 Å². The predicted octanol–water partition coefficient (Wildman–Crippen LogP) is -1.08. The summed E-state index contributed by atoms with van der Waals surface area (Å²) in [5.74, 6) is 0. The minimum Gasteiger partial charge on any atom is -0.395 e. The quantitative estimate of drug-likeness (QED) is 0.215. The first-order valence-corrected chi connectivity index (χ1v) is 9.39. The average Bonchev–Trinajstić information content (AvgIpc) is 2.75. The summed E-state index contributed by atoms with van der Waals surface area (Å²) >= 11 is 0. The molecule has 0 saturated carbocycles. The van der Waals surface area contributed by atoms with E-state index < -0.39 is 0 Å². The van der Waals surface area contributed by atoms with Crippen LogP contribution in [0.2, 0.25) is 0 Å². The van der Waals surface area contributed by atoms with E-state index >= 15 is 0 Å². The van der Waals surface area contributed by atoms with Gasteiger partial charge in [-0.2, -0.15) is 0 Å². The summed E-state index contributed by atoms with van der Waals surface area (Å²) in [7, 11) is 5.08. The molecule has 9 nitrogen and oxygen atoms in total. The lowest BCUT2D eigenvalue weighted by molar-refractivity contribution is -0.110. The van der Waals surface area contributed by atoms with Crippen molar-refractivity contribution in [1.29, 1.82) is 0 Å². The fourth-order valence-electron chi connectivity index (χ4n) is 1.01. The Morgan fingerprint density at radius 2 is 1.04 bits per heavy atom. The minimum atomic E-state index is -0.157. The predicted molar refractivity (Wildman–Crippen MR) is 111 cm³/mol. The monoisotopic (exact) mass is 399 g/mol. The Balaban J connectivity index is -0.0000000825. The zero-order valence-electron chi connectivity index (χ0n) is 18.2. The van der Waals surface area contributed by atoms with Gasteiger partial charge in [-0.3, -0.25) is 0 Å². The van der Waals surface area contributed by atoms with Crippen LogP contribution >= 0.6 is 0 Å². The van der Waals surface area contributed by atoms with E-state index in [-0.39, 0.29) is 44.6 Å². The van der Waals surface area contributed by atoms with Crippen molar-refractivity contribution in [2.45, 2.75) is 58.7 Å². The van der Waals surface area contributed by atoms with Crippen LogP contribution in [0.1, 0.15) is 40.5 Å². The van der Waals surface area contributed by atoms with Gasteiger partial charge in [-0.25, -0.2) is 0 Å². The molecule has 0 aromatic rings. The summed E-state index contributed by atoms with van der Waals surface area (Å²) < 4.78 is 0. The van der Waals surface area contributed by atoms with E-state index in [0.717, 1.165) is 12.6 Å². The van der Waals surface area contributed by atoms with Crippen molar-refractivity contribution in [2.75, 3.05) is 47.6 Å². The highest BCUT2D eigenvalue weighted by molar-refractivity contribution is 5.59. The van der Waals surface area contributed by atoms with Crippen molar-refractivity contribution in [3.05, 3.63) is 0 Å². The Bertz CT molecular complexity index is 218. The summed E-state index contributed by atoms with van der Waals surface area (Å²) in [4.78, 5) is 19.9. The van der Waals surface area contributed by atoms with E-state index in [1.54, 1.807) is 21.1 Å². The van der Waals surface area contributed by atoms with Crippen LogP contribution in [0.4, 0.5) is 0 Å². The fourth-order valence-corrected chi connectivity index (χ4v) is 1.01. The zero-order chi connectivity index (χ0) is 22.5. The van der Waals surface area contributed by atoms with E-state index in [0.29, 0.717) is 12.8 Å². The van der Waals surface area contributed by atoms with E-state index in [9.17, 15) is 9.59 Å². The normalized spacial score (nSPS) is 9.96. The van der Waals surface area contributed by atoms with Crippen LogP contribution in [0.3, 0.4) is 0 Å². The lowest BCUT2D eigenvalue weighted by atomic mass is 10.2. The first-order valence-electron chi connectivity index (χ1n) is 9.39. The number of carbonyl (C=O) groups is 2. The van der Waals surface area contributed by atoms with Crippen LogP contribution in [0, 0.1) is 0 Å². The van der Waals surface area contributed by atoms with Crippen molar-refractivity contribution < 1.29 is 30.0 Å². The molecule has 0 aromatic heterocycles. The highest BCUT2D eigenvalue weighted by Gasteiger charge is 2.00. The molecule has 0 saturated heterocycles. The van der Waals surface area contributed by atoms with Gasteiger partial charge < -0.3 is 46.0 Å². The van der Waals surface area contributed by atoms with Gasteiger partial charge in [-0.15, -0.1) is 0 Å². The number of aldehydes is 2. The minimum absolute atomic E-state index is 0.00694. The standard InChI is InChI=1S/C6H11NO2.2C4H11NO2.2C2H6/c1-7-6(5-9)3-2-4-8;2*1-5-4(2-6)3-7;2*1-2/h4-7H,2-3H2,1H3;2*4-7H,2-3H2,1H3;2*1-2H3. The Hall–Kier alpha value is -0.940. The molecular weight excluding hydrogens is 354 g/mol. The van der Waals surface area contributed by atoms with Gasteiger partial charge in [0.05, 0.1) is 44.6 Å². The fraction of sp³-hybridized carbons (Fsp3) is 0.889. The van der Waals surface area contributed by atoms with Gasteiger partial charge in [0, 0.05) is 6.42 Å². The van der Waals surface area contributed by atoms with Gasteiger partial charge in [-0.05, 0) is 27.6 Å². The third-order valence-electron chi connectivity index (χ3n) is 2.83. The highest BCUT2D eigenvalue weighted by atomic mass is 16.3. The van der Waals surface area contributed by atoms with Gasteiger partial charge in [0.25, 0.3) is 0 Å². The maximum Gasteiger partial charge on any atom is 0.136 e. The Kier molecular flexibility index (Phi) is 54.6. The number of nitrogens with one attached hydrogen (secondary N) is 3. The molecule has 7 N–H and O–H groups in total. The van der Waals surface area contributed by atoms with Crippen LogP contribution in [0.5, 0.6) is 0 Å². The second-order valence-corrected chi connectivity index (χ2v) is 4.48. The second kappa shape index (κ2) is 39.9. The third kappa shape index (κ3) is 36.7. The Morgan fingerprint density at radius 1 is 0.704 bits per heavy atom. The molecule has 0 heterocycles. The highest BCUT2D eigenvalue weighted by Crippen LogP contribution is 1.89. The van der Waals surface area contributed by atoms with Gasteiger partial charge >= 0.3 is 0 Å². The molecule has 1 unspecified atom stereocenters. The van der Waals surface area contributed by atoms with Crippen molar-refractivity contribution in [3.8, 4) is 0 Å². The first kappa shape index (κ1) is 36.9. The van der Waals surface area contributed by atoms with Crippen molar-refractivity contribution >= 4 is 12.6 Å². The smallest absolute Gasteiger partial charge is 0.136 e. The maximum atomic E-state index is 10.1. The summed E-state index contributed by atoms with van der Waals surface area (Å²) in [6, 6.07) is -0.463. The molecule has 9 heteroatoms. The van der Waals surface area contributed by atoms with E-state index in [4.69, 9.17) is 20.4 Å². The number of aliphatic hydroxyl groups excluding tert-OH is 4. The van der Waals surface area contributed by atoms with E-state index in [2.05, 4.69) is 16.0 Å². The number of rotatable bonds is 11. The lowest BCUT2D eigenvalue weighted by Crippen LogP contribution is -2.32. The van der Waals surface area contributed by atoms with Crippen molar-refractivity contribution in [3.63, 3.8) is 0 Å². The molecular formula is C18H45N3O6. The van der Waals surface area contributed by atoms with Crippen LogP contribution in [-0.4, -0.2) is 98.7 Å². The summed E-state index contributed by atoms with van der Waals surface area (Å²) in [6.07, 6.45) is 2.67.